The minimum Gasteiger partial charge on any atom is -0.336 e. The Morgan fingerprint density at radius 3 is 2.60 bits per heavy atom. The van der Waals surface area contributed by atoms with Gasteiger partial charge in [-0.25, -0.2) is 4.98 Å². The molecule has 2 heterocycles. The van der Waals surface area contributed by atoms with Crippen LogP contribution >= 0.6 is 11.6 Å². The number of aromatic nitrogens is 2. The third-order valence-electron chi connectivity index (χ3n) is 5.95. The Balaban J connectivity index is 1.78. The largest absolute Gasteiger partial charge is 0.336 e. The molecule has 0 N–H and O–H groups in total. The number of amides is 1. The number of rotatable bonds is 5. The lowest BCUT2D eigenvalue weighted by Crippen LogP contribution is -2.44. The van der Waals surface area contributed by atoms with Crippen LogP contribution in [-0.2, 0) is 6.54 Å². The van der Waals surface area contributed by atoms with Crippen LogP contribution in [0, 0.1) is 0 Å². The van der Waals surface area contributed by atoms with Crippen molar-refractivity contribution in [3.63, 3.8) is 0 Å². The van der Waals surface area contributed by atoms with Crippen molar-refractivity contribution < 1.29 is 4.79 Å². The Morgan fingerprint density at radius 2 is 1.90 bits per heavy atom. The molecular weight excluding hydrogens is 398 g/mol. The van der Waals surface area contributed by atoms with Gasteiger partial charge in [0.2, 0.25) is 0 Å². The lowest BCUT2D eigenvalue weighted by Gasteiger charge is -2.33. The van der Waals surface area contributed by atoms with Crippen molar-refractivity contribution in [3.05, 3.63) is 75.2 Å². The van der Waals surface area contributed by atoms with E-state index in [-0.39, 0.29) is 23.1 Å². The molecule has 5 nitrogen and oxygen atoms in total. The van der Waals surface area contributed by atoms with E-state index < -0.39 is 0 Å². The molecule has 1 aliphatic rings. The topological polar surface area (TPSA) is 55.2 Å². The molecule has 0 spiro atoms. The smallest absolute Gasteiger partial charge is 0.265 e. The zero-order valence-electron chi connectivity index (χ0n) is 17.2. The van der Waals surface area contributed by atoms with Crippen molar-refractivity contribution in [1.82, 2.24) is 14.5 Å². The van der Waals surface area contributed by atoms with Crippen molar-refractivity contribution in [2.75, 3.05) is 6.54 Å². The van der Waals surface area contributed by atoms with Crippen molar-refractivity contribution in [1.29, 1.82) is 0 Å². The Morgan fingerprint density at radius 1 is 1.17 bits per heavy atom. The number of benzene rings is 1. The molecule has 6 heteroatoms. The third-order valence-corrected chi connectivity index (χ3v) is 6.20. The monoisotopic (exact) mass is 423 g/mol. The van der Waals surface area contributed by atoms with E-state index in [1.54, 1.807) is 29.0 Å². The standard InChI is InChI=1S/C24H26ClN3O2/c1-2-27(20-8-4-3-5-9-20)23(29)21-15-18-7-6-14-26-22(18)28(24(21)30)16-17-10-12-19(25)13-11-17/h6-7,10-15,20H,2-5,8-9,16H2,1H3. The molecule has 0 bridgehead atoms. The average molecular weight is 424 g/mol. The Hall–Kier alpha value is -2.66. The van der Waals surface area contributed by atoms with E-state index in [1.807, 2.05) is 36.1 Å². The second kappa shape index (κ2) is 9.00. The van der Waals surface area contributed by atoms with Gasteiger partial charge >= 0.3 is 0 Å². The molecule has 2 aromatic heterocycles. The quantitative estimate of drug-likeness (QED) is 0.586. The SMILES string of the molecule is CCN(C(=O)c1cc2cccnc2n(Cc2ccc(Cl)cc2)c1=O)C1CCCCC1. The molecule has 156 valence electrons. The molecule has 3 aromatic rings. The molecule has 0 saturated heterocycles. The third kappa shape index (κ3) is 4.12. The van der Waals surface area contributed by atoms with Gasteiger partial charge in [0.1, 0.15) is 11.2 Å². The average Bonchev–Trinajstić information content (AvgIpc) is 2.78. The minimum atomic E-state index is -0.296. The van der Waals surface area contributed by atoms with Crippen molar-refractivity contribution in [2.24, 2.45) is 0 Å². The van der Waals surface area contributed by atoms with E-state index >= 15 is 0 Å². The number of halogens is 1. The molecule has 1 aromatic carbocycles. The fraction of sp³-hybridized carbons (Fsp3) is 0.375. The summed E-state index contributed by atoms with van der Waals surface area (Å²) in [4.78, 5) is 33.2. The number of hydrogen-bond acceptors (Lipinski definition) is 3. The van der Waals surface area contributed by atoms with Gasteiger partial charge in [0.15, 0.2) is 0 Å². The molecule has 1 aliphatic carbocycles. The molecule has 1 fully saturated rings. The van der Waals surface area contributed by atoms with Crippen LogP contribution in [0.3, 0.4) is 0 Å². The summed E-state index contributed by atoms with van der Waals surface area (Å²) in [6.45, 7) is 2.92. The van der Waals surface area contributed by atoms with Crippen LogP contribution in [0.2, 0.25) is 5.02 Å². The van der Waals surface area contributed by atoms with E-state index in [2.05, 4.69) is 4.98 Å². The van der Waals surface area contributed by atoms with Crippen LogP contribution in [0.4, 0.5) is 0 Å². The molecule has 1 amide bonds. The molecule has 30 heavy (non-hydrogen) atoms. The van der Waals surface area contributed by atoms with Crippen LogP contribution in [0.1, 0.15) is 54.9 Å². The highest BCUT2D eigenvalue weighted by Gasteiger charge is 2.27. The molecule has 0 radical (unpaired) electrons. The van der Waals surface area contributed by atoms with E-state index in [0.29, 0.717) is 23.8 Å². The number of nitrogens with zero attached hydrogens (tertiary/aromatic N) is 3. The van der Waals surface area contributed by atoms with Crippen LogP contribution < -0.4 is 5.56 Å². The minimum absolute atomic E-state index is 0.176. The predicted octanol–water partition coefficient (Wildman–Crippen LogP) is 4.89. The molecule has 0 unspecified atom stereocenters. The summed E-state index contributed by atoms with van der Waals surface area (Å²) in [5.41, 5.74) is 1.43. The number of pyridine rings is 2. The molecule has 0 aliphatic heterocycles. The lowest BCUT2D eigenvalue weighted by molar-refractivity contribution is 0.0645. The Labute approximate surface area is 181 Å². The first-order valence-corrected chi connectivity index (χ1v) is 11.0. The number of fused-ring (bicyclic) bond motifs is 1. The zero-order chi connectivity index (χ0) is 21.1. The van der Waals surface area contributed by atoms with Crippen molar-refractivity contribution >= 4 is 28.5 Å². The summed E-state index contributed by atoms with van der Waals surface area (Å²) < 4.78 is 1.60. The predicted molar refractivity (Wildman–Crippen MR) is 120 cm³/mol. The van der Waals surface area contributed by atoms with Gasteiger partial charge in [0.25, 0.3) is 11.5 Å². The molecule has 0 atom stereocenters. The summed E-state index contributed by atoms with van der Waals surface area (Å²) in [6.07, 6.45) is 7.18. The Kier molecular flexibility index (Phi) is 6.18. The van der Waals surface area contributed by atoms with Gasteiger partial charge in [-0.1, -0.05) is 43.0 Å². The van der Waals surface area contributed by atoms with Gasteiger partial charge in [-0.3, -0.25) is 14.2 Å². The van der Waals surface area contributed by atoms with E-state index in [0.717, 1.165) is 36.6 Å². The highest BCUT2D eigenvalue weighted by atomic mass is 35.5. The van der Waals surface area contributed by atoms with Crippen LogP contribution in [0.5, 0.6) is 0 Å². The summed E-state index contributed by atoms with van der Waals surface area (Å²) in [6, 6.07) is 13.0. The molecule has 1 saturated carbocycles. The first-order valence-electron chi connectivity index (χ1n) is 10.6. The van der Waals surface area contributed by atoms with Crippen LogP contribution in [-0.4, -0.2) is 32.9 Å². The van der Waals surface area contributed by atoms with E-state index in [4.69, 9.17) is 11.6 Å². The van der Waals surface area contributed by atoms with Crippen LogP contribution in [0.25, 0.3) is 11.0 Å². The Bertz CT molecular complexity index is 1100. The number of hydrogen-bond donors (Lipinski definition) is 0. The maximum atomic E-state index is 13.5. The summed E-state index contributed by atoms with van der Waals surface area (Å²) >= 11 is 6.00. The van der Waals surface area contributed by atoms with Gasteiger partial charge in [-0.2, -0.15) is 0 Å². The second-order valence-electron chi connectivity index (χ2n) is 7.88. The highest BCUT2D eigenvalue weighted by Crippen LogP contribution is 2.24. The first kappa shape index (κ1) is 20.6. The van der Waals surface area contributed by atoms with Gasteiger partial charge in [-0.05, 0) is 55.7 Å². The summed E-state index contributed by atoms with van der Waals surface area (Å²) in [5.74, 6) is -0.176. The second-order valence-corrected chi connectivity index (χ2v) is 8.31. The number of carbonyl (C=O) groups excluding carboxylic acids is 1. The lowest BCUT2D eigenvalue weighted by atomic mass is 9.93. The first-order chi connectivity index (χ1) is 14.6. The maximum absolute atomic E-state index is 13.5. The fourth-order valence-electron chi connectivity index (χ4n) is 4.39. The summed E-state index contributed by atoms with van der Waals surface area (Å²) in [7, 11) is 0. The highest BCUT2D eigenvalue weighted by molar-refractivity contribution is 6.30. The van der Waals surface area contributed by atoms with Gasteiger partial charge in [0, 0.05) is 29.2 Å². The van der Waals surface area contributed by atoms with Crippen molar-refractivity contribution in [2.45, 2.75) is 51.6 Å². The number of carbonyl (C=O) groups is 1. The van der Waals surface area contributed by atoms with E-state index in [9.17, 15) is 9.59 Å². The summed E-state index contributed by atoms with van der Waals surface area (Å²) in [5, 5.41) is 1.43. The molecule has 4 rings (SSSR count). The van der Waals surface area contributed by atoms with Gasteiger partial charge in [0.05, 0.1) is 6.54 Å². The van der Waals surface area contributed by atoms with Gasteiger partial charge < -0.3 is 4.90 Å². The van der Waals surface area contributed by atoms with E-state index in [1.165, 1.54) is 6.42 Å². The normalized spacial score (nSPS) is 14.7. The fourth-order valence-corrected chi connectivity index (χ4v) is 4.52. The van der Waals surface area contributed by atoms with Gasteiger partial charge in [-0.15, -0.1) is 0 Å². The zero-order valence-corrected chi connectivity index (χ0v) is 17.9. The molecular formula is C24H26ClN3O2. The maximum Gasteiger partial charge on any atom is 0.265 e. The van der Waals surface area contributed by atoms with Crippen molar-refractivity contribution in [3.8, 4) is 0 Å². The van der Waals surface area contributed by atoms with Crippen LogP contribution in [0.15, 0.2) is 53.5 Å².